The minimum absolute atomic E-state index is 0.158. The molecule has 4 nitrogen and oxygen atoms in total. The first kappa shape index (κ1) is 11.9. The SMILES string of the molecule is CCN(CCCO)c1nc2ccc(F)cc2[nH]1. The number of hydrogen-bond donors (Lipinski definition) is 2. The number of nitrogens with one attached hydrogen (secondary N) is 1. The van der Waals surface area contributed by atoms with Gasteiger partial charge in [-0.2, -0.15) is 0 Å². The molecule has 0 unspecified atom stereocenters. The van der Waals surface area contributed by atoms with E-state index in [1.54, 1.807) is 6.07 Å². The van der Waals surface area contributed by atoms with E-state index in [0.717, 1.165) is 24.6 Å². The van der Waals surface area contributed by atoms with E-state index in [9.17, 15) is 4.39 Å². The summed E-state index contributed by atoms with van der Waals surface area (Å²) in [7, 11) is 0. The molecule has 0 aliphatic heterocycles. The lowest BCUT2D eigenvalue weighted by molar-refractivity contribution is 0.289. The molecule has 2 N–H and O–H groups in total. The third-order valence-electron chi connectivity index (χ3n) is 2.70. The van der Waals surface area contributed by atoms with Gasteiger partial charge < -0.3 is 15.0 Å². The van der Waals surface area contributed by atoms with E-state index in [1.807, 2.05) is 11.8 Å². The fourth-order valence-corrected chi connectivity index (χ4v) is 1.79. The molecule has 5 heteroatoms. The van der Waals surface area contributed by atoms with Crippen molar-refractivity contribution in [2.75, 3.05) is 24.6 Å². The smallest absolute Gasteiger partial charge is 0.203 e. The van der Waals surface area contributed by atoms with E-state index < -0.39 is 0 Å². The molecular formula is C12H16FN3O. The summed E-state index contributed by atoms with van der Waals surface area (Å²) in [6, 6.07) is 4.49. The second kappa shape index (κ2) is 5.14. The van der Waals surface area contributed by atoms with Crippen LogP contribution in [-0.4, -0.2) is 34.8 Å². The van der Waals surface area contributed by atoms with Crippen LogP contribution in [0.15, 0.2) is 18.2 Å². The quantitative estimate of drug-likeness (QED) is 0.835. The Kier molecular flexibility index (Phi) is 3.58. The van der Waals surface area contributed by atoms with Crippen LogP contribution in [0.1, 0.15) is 13.3 Å². The van der Waals surface area contributed by atoms with Gasteiger partial charge in [-0.05, 0) is 31.5 Å². The number of aliphatic hydroxyl groups is 1. The molecule has 0 radical (unpaired) electrons. The molecule has 1 aromatic heterocycles. The number of anilines is 1. The number of aromatic nitrogens is 2. The van der Waals surface area contributed by atoms with Crippen molar-refractivity contribution in [3.63, 3.8) is 0 Å². The van der Waals surface area contributed by atoms with Gasteiger partial charge in [-0.1, -0.05) is 0 Å². The molecule has 0 amide bonds. The van der Waals surface area contributed by atoms with Crippen LogP contribution in [0.5, 0.6) is 0 Å². The number of H-pyrrole nitrogens is 1. The highest BCUT2D eigenvalue weighted by Crippen LogP contribution is 2.18. The first-order valence-electron chi connectivity index (χ1n) is 5.75. The summed E-state index contributed by atoms with van der Waals surface area (Å²) in [5, 5.41) is 8.83. The normalized spacial score (nSPS) is 11.0. The summed E-state index contributed by atoms with van der Waals surface area (Å²) in [5.74, 6) is 0.452. The zero-order chi connectivity index (χ0) is 12.3. The van der Waals surface area contributed by atoms with Crippen molar-refractivity contribution in [3.05, 3.63) is 24.0 Å². The molecule has 17 heavy (non-hydrogen) atoms. The van der Waals surface area contributed by atoms with E-state index in [2.05, 4.69) is 9.97 Å². The van der Waals surface area contributed by atoms with Crippen molar-refractivity contribution >= 4 is 17.0 Å². The van der Waals surface area contributed by atoms with Crippen LogP contribution in [-0.2, 0) is 0 Å². The lowest BCUT2D eigenvalue weighted by atomic mass is 10.3. The highest BCUT2D eigenvalue weighted by molar-refractivity contribution is 5.77. The molecule has 0 fully saturated rings. The third-order valence-corrected chi connectivity index (χ3v) is 2.70. The zero-order valence-corrected chi connectivity index (χ0v) is 9.78. The molecule has 0 saturated carbocycles. The van der Waals surface area contributed by atoms with Gasteiger partial charge in [0.15, 0.2) is 0 Å². The maximum atomic E-state index is 13.0. The highest BCUT2D eigenvalue weighted by Gasteiger charge is 2.09. The Bertz CT molecular complexity index is 497. The van der Waals surface area contributed by atoms with Crippen LogP contribution >= 0.6 is 0 Å². The van der Waals surface area contributed by atoms with Gasteiger partial charge in [0.1, 0.15) is 5.82 Å². The number of imidazole rings is 1. The number of nitrogens with zero attached hydrogens (tertiary/aromatic N) is 2. The number of hydrogen-bond acceptors (Lipinski definition) is 3. The fourth-order valence-electron chi connectivity index (χ4n) is 1.79. The number of aliphatic hydroxyl groups excluding tert-OH is 1. The topological polar surface area (TPSA) is 52.1 Å². The Hall–Kier alpha value is -1.62. The Balaban J connectivity index is 2.27. The molecule has 0 saturated heterocycles. The molecule has 0 bridgehead atoms. The maximum Gasteiger partial charge on any atom is 0.203 e. The largest absolute Gasteiger partial charge is 0.396 e. The Morgan fingerprint density at radius 1 is 1.47 bits per heavy atom. The second-order valence-electron chi connectivity index (χ2n) is 3.88. The van der Waals surface area contributed by atoms with Gasteiger partial charge in [0.2, 0.25) is 5.95 Å². The summed E-state index contributed by atoms with van der Waals surface area (Å²) in [6.45, 7) is 3.70. The molecule has 92 valence electrons. The van der Waals surface area contributed by atoms with Gasteiger partial charge in [0, 0.05) is 19.7 Å². The Morgan fingerprint density at radius 3 is 3.00 bits per heavy atom. The number of fused-ring (bicyclic) bond motifs is 1. The summed E-state index contributed by atoms with van der Waals surface area (Å²) in [6.07, 6.45) is 0.694. The molecule has 1 heterocycles. The summed E-state index contributed by atoms with van der Waals surface area (Å²) < 4.78 is 13.0. The molecule has 2 aromatic rings. The summed E-state index contributed by atoms with van der Waals surface area (Å²) >= 11 is 0. The lowest BCUT2D eigenvalue weighted by Gasteiger charge is -2.18. The molecule has 0 aliphatic carbocycles. The van der Waals surface area contributed by atoms with Crippen LogP contribution in [0.3, 0.4) is 0 Å². The first-order chi connectivity index (χ1) is 8.24. The van der Waals surface area contributed by atoms with E-state index in [4.69, 9.17) is 5.11 Å². The molecule has 2 rings (SSSR count). The highest BCUT2D eigenvalue weighted by atomic mass is 19.1. The minimum atomic E-state index is -0.272. The monoisotopic (exact) mass is 237 g/mol. The Labute approximate surface area is 99.1 Å². The van der Waals surface area contributed by atoms with Crippen LogP contribution in [0.25, 0.3) is 11.0 Å². The standard InChI is InChI=1S/C12H16FN3O/c1-2-16(6-3-7-17)12-14-10-5-4-9(13)8-11(10)15-12/h4-5,8,17H,2-3,6-7H2,1H3,(H,14,15). The predicted octanol–water partition coefficient (Wildman–Crippen LogP) is 1.91. The second-order valence-corrected chi connectivity index (χ2v) is 3.88. The molecule has 0 spiro atoms. The molecular weight excluding hydrogens is 221 g/mol. The van der Waals surface area contributed by atoms with Crippen LogP contribution in [0.2, 0.25) is 0 Å². The van der Waals surface area contributed by atoms with Gasteiger partial charge in [0.05, 0.1) is 11.0 Å². The average Bonchev–Trinajstić information content (AvgIpc) is 2.72. The lowest BCUT2D eigenvalue weighted by Crippen LogP contribution is -2.25. The van der Waals surface area contributed by atoms with E-state index in [1.165, 1.54) is 12.1 Å². The number of rotatable bonds is 5. The average molecular weight is 237 g/mol. The van der Waals surface area contributed by atoms with Gasteiger partial charge >= 0.3 is 0 Å². The zero-order valence-electron chi connectivity index (χ0n) is 9.78. The van der Waals surface area contributed by atoms with E-state index in [-0.39, 0.29) is 12.4 Å². The summed E-state index contributed by atoms with van der Waals surface area (Å²) in [4.78, 5) is 9.51. The molecule has 0 aliphatic rings. The van der Waals surface area contributed by atoms with Crippen LogP contribution < -0.4 is 4.90 Å². The van der Waals surface area contributed by atoms with Crippen molar-refractivity contribution in [2.24, 2.45) is 0 Å². The van der Waals surface area contributed by atoms with Crippen LogP contribution in [0, 0.1) is 5.82 Å². The predicted molar refractivity (Wildman–Crippen MR) is 65.6 cm³/mol. The first-order valence-corrected chi connectivity index (χ1v) is 5.75. The number of halogens is 1. The van der Waals surface area contributed by atoms with Gasteiger partial charge in [-0.15, -0.1) is 0 Å². The van der Waals surface area contributed by atoms with Crippen molar-refractivity contribution in [2.45, 2.75) is 13.3 Å². The van der Waals surface area contributed by atoms with Crippen molar-refractivity contribution < 1.29 is 9.50 Å². The van der Waals surface area contributed by atoms with Gasteiger partial charge in [0.25, 0.3) is 0 Å². The Morgan fingerprint density at radius 2 is 2.29 bits per heavy atom. The number of aromatic amines is 1. The third kappa shape index (κ3) is 2.55. The van der Waals surface area contributed by atoms with Crippen molar-refractivity contribution in [1.29, 1.82) is 0 Å². The number of benzene rings is 1. The van der Waals surface area contributed by atoms with Gasteiger partial charge in [-0.25, -0.2) is 9.37 Å². The van der Waals surface area contributed by atoms with Crippen molar-refractivity contribution in [3.8, 4) is 0 Å². The minimum Gasteiger partial charge on any atom is -0.396 e. The maximum absolute atomic E-state index is 13.0. The fraction of sp³-hybridized carbons (Fsp3) is 0.417. The van der Waals surface area contributed by atoms with Crippen LogP contribution in [0.4, 0.5) is 10.3 Å². The summed E-state index contributed by atoms with van der Waals surface area (Å²) in [5.41, 5.74) is 1.45. The van der Waals surface area contributed by atoms with Gasteiger partial charge in [-0.3, -0.25) is 0 Å². The molecule has 0 atom stereocenters. The van der Waals surface area contributed by atoms with Crippen molar-refractivity contribution in [1.82, 2.24) is 9.97 Å². The molecule has 1 aromatic carbocycles. The van der Waals surface area contributed by atoms with E-state index >= 15 is 0 Å². The van der Waals surface area contributed by atoms with E-state index in [0.29, 0.717) is 11.9 Å².